The normalized spacial score (nSPS) is 11.4. The number of benzene rings is 1. The first-order valence-corrected chi connectivity index (χ1v) is 7.21. The summed E-state index contributed by atoms with van der Waals surface area (Å²) >= 11 is 0. The van der Waals surface area contributed by atoms with Gasteiger partial charge in [-0.1, -0.05) is 17.7 Å². The highest BCUT2D eigenvalue weighted by molar-refractivity contribution is 5.72. The van der Waals surface area contributed by atoms with Gasteiger partial charge in [0.2, 0.25) is 0 Å². The van der Waals surface area contributed by atoms with E-state index in [4.69, 9.17) is 5.11 Å². The van der Waals surface area contributed by atoms with Gasteiger partial charge in [0.15, 0.2) is 5.82 Å². The standard InChI is InChI=1S/C17H16N4O2/c1-11-3-5-13(6-4-11)19-20-17-14(10-16(22)23)18-15-9-12(2)7-8-21(15)17/h3-9H,10H2,1-2H3,(H,22,23). The van der Waals surface area contributed by atoms with Crippen molar-refractivity contribution in [3.63, 3.8) is 0 Å². The molecule has 1 N–H and O–H groups in total. The average molecular weight is 308 g/mol. The molecule has 0 saturated carbocycles. The van der Waals surface area contributed by atoms with E-state index in [2.05, 4.69) is 15.2 Å². The summed E-state index contributed by atoms with van der Waals surface area (Å²) in [7, 11) is 0. The molecule has 0 unspecified atom stereocenters. The number of hydrogen-bond donors (Lipinski definition) is 1. The van der Waals surface area contributed by atoms with Crippen LogP contribution in [0.4, 0.5) is 11.5 Å². The number of aromatic nitrogens is 2. The maximum atomic E-state index is 11.1. The Morgan fingerprint density at radius 3 is 2.57 bits per heavy atom. The summed E-state index contributed by atoms with van der Waals surface area (Å²) in [5, 5.41) is 17.5. The highest BCUT2D eigenvalue weighted by Crippen LogP contribution is 2.25. The fourth-order valence-corrected chi connectivity index (χ4v) is 2.27. The summed E-state index contributed by atoms with van der Waals surface area (Å²) in [6.07, 6.45) is 1.63. The van der Waals surface area contributed by atoms with Crippen molar-refractivity contribution in [3.05, 3.63) is 59.4 Å². The Labute approximate surface area is 133 Å². The topological polar surface area (TPSA) is 79.3 Å². The zero-order chi connectivity index (χ0) is 16.4. The smallest absolute Gasteiger partial charge is 0.309 e. The van der Waals surface area contributed by atoms with Gasteiger partial charge in [0, 0.05) is 6.20 Å². The highest BCUT2D eigenvalue weighted by Gasteiger charge is 2.15. The number of carboxylic acids is 1. The van der Waals surface area contributed by atoms with Crippen LogP contribution in [0, 0.1) is 13.8 Å². The number of imidazole rings is 1. The molecule has 0 amide bonds. The third-order valence-corrected chi connectivity index (χ3v) is 3.44. The molecule has 0 aliphatic rings. The van der Waals surface area contributed by atoms with E-state index in [0.717, 1.165) is 11.1 Å². The van der Waals surface area contributed by atoms with Crippen molar-refractivity contribution in [2.75, 3.05) is 0 Å². The predicted molar refractivity (Wildman–Crippen MR) is 86.6 cm³/mol. The van der Waals surface area contributed by atoms with E-state index in [1.165, 1.54) is 0 Å². The van der Waals surface area contributed by atoms with Gasteiger partial charge in [0.1, 0.15) is 5.65 Å². The molecule has 0 aliphatic carbocycles. The van der Waals surface area contributed by atoms with Gasteiger partial charge in [-0.25, -0.2) is 4.98 Å². The van der Waals surface area contributed by atoms with Crippen molar-refractivity contribution in [3.8, 4) is 0 Å². The number of aryl methyl sites for hydroxylation is 2. The number of aliphatic carboxylic acids is 1. The lowest BCUT2D eigenvalue weighted by atomic mass is 10.2. The lowest BCUT2D eigenvalue weighted by Crippen LogP contribution is -2.00. The van der Waals surface area contributed by atoms with E-state index in [9.17, 15) is 4.79 Å². The number of carbonyl (C=O) groups is 1. The van der Waals surface area contributed by atoms with Crippen LogP contribution in [-0.2, 0) is 11.2 Å². The van der Waals surface area contributed by atoms with E-state index < -0.39 is 5.97 Å². The molecule has 0 saturated heterocycles. The van der Waals surface area contributed by atoms with E-state index in [-0.39, 0.29) is 6.42 Å². The first-order chi connectivity index (χ1) is 11.0. The number of nitrogens with zero attached hydrogens (tertiary/aromatic N) is 4. The molecular weight excluding hydrogens is 292 g/mol. The molecular formula is C17H16N4O2. The van der Waals surface area contributed by atoms with Crippen molar-refractivity contribution in [1.29, 1.82) is 0 Å². The molecule has 1 aromatic carbocycles. The molecule has 116 valence electrons. The van der Waals surface area contributed by atoms with E-state index in [1.807, 2.05) is 56.4 Å². The first-order valence-electron chi connectivity index (χ1n) is 7.21. The van der Waals surface area contributed by atoms with E-state index >= 15 is 0 Å². The minimum atomic E-state index is -0.947. The molecule has 0 bridgehead atoms. The van der Waals surface area contributed by atoms with Gasteiger partial charge in [0.05, 0.1) is 17.8 Å². The number of azo groups is 1. The average Bonchev–Trinajstić information content (AvgIpc) is 2.82. The minimum Gasteiger partial charge on any atom is -0.481 e. The van der Waals surface area contributed by atoms with Gasteiger partial charge in [-0.15, -0.1) is 10.2 Å². The Kier molecular flexibility index (Phi) is 3.89. The minimum absolute atomic E-state index is 0.191. The van der Waals surface area contributed by atoms with Crippen LogP contribution in [0.25, 0.3) is 5.65 Å². The molecule has 3 aromatic rings. The van der Waals surface area contributed by atoms with Crippen molar-refractivity contribution < 1.29 is 9.90 Å². The van der Waals surface area contributed by atoms with Gasteiger partial charge in [-0.05, 0) is 43.7 Å². The van der Waals surface area contributed by atoms with Crippen LogP contribution >= 0.6 is 0 Å². The maximum absolute atomic E-state index is 11.1. The quantitative estimate of drug-likeness (QED) is 0.740. The Morgan fingerprint density at radius 2 is 1.87 bits per heavy atom. The number of fused-ring (bicyclic) bond motifs is 1. The van der Waals surface area contributed by atoms with Crippen LogP contribution in [0.2, 0.25) is 0 Å². The predicted octanol–water partition coefficient (Wildman–Crippen LogP) is 3.99. The third kappa shape index (κ3) is 3.26. The molecule has 0 fully saturated rings. The lowest BCUT2D eigenvalue weighted by molar-refractivity contribution is -0.136. The Bertz CT molecular complexity index is 895. The molecule has 3 rings (SSSR count). The monoisotopic (exact) mass is 308 g/mol. The fourth-order valence-electron chi connectivity index (χ4n) is 2.27. The summed E-state index contributed by atoms with van der Waals surface area (Å²) in [6.45, 7) is 3.96. The van der Waals surface area contributed by atoms with Crippen LogP contribution in [0.15, 0.2) is 52.8 Å². The van der Waals surface area contributed by atoms with Crippen LogP contribution in [0.1, 0.15) is 16.8 Å². The second kappa shape index (κ2) is 6.00. The molecule has 23 heavy (non-hydrogen) atoms. The zero-order valence-electron chi connectivity index (χ0n) is 12.9. The molecule has 0 atom stereocenters. The maximum Gasteiger partial charge on any atom is 0.309 e. The summed E-state index contributed by atoms with van der Waals surface area (Å²) in [4.78, 5) is 15.4. The molecule has 0 aliphatic heterocycles. The van der Waals surface area contributed by atoms with Crippen molar-refractivity contribution in [2.24, 2.45) is 10.2 Å². The Hall–Kier alpha value is -3.02. The number of rotatable bonds is 4. The largest absolute Gasteiger partial charge is 0.481 e. The molecule has 0 radical (unpaired) electrons. The first kappa shape index (κ1) is 14.9. The van der Waals surface area contributed by atoms with Crippen molar-refractivity contribution in [2.45, 2.75) is 20.3 Å². The highest BCUT2D eigenvalue weighted by atomic mass is 16.4. The van der Waals surface area contributed by atoms with E-state index in [0.29, 0.717) is 22.8 Å². The van der Waals surface area contributed by atoms with Crippen LogP contribution in [-0.4, -0.2) is 20.5 Å². The molecule has 6 nitrogen and oxygen atoms in total. The molecule has 0 spiro atoms. The summed E-state index contributed by atoms with van der Waals surface area (Å²) in [6, 6.07) is 11.4. The van der Waals surface area contributed by atoms with Crippen molar-refractivity contribution in [1.82, 2.24) is 9.38 Å². The second-order valence-electron chi connectivity index (χ2n) is 5.42. The lowest BCUT2D eigenvalue weighted by Gasteiger charge is -1.98. The summed E-state index contributed by atoms with van der Waals surface area (Å²) in [5.41, 5.74) is 3.96. The van der Waals surface area contributed by atoms with Gasteiger partial charge in [0.25, 0.3) is 0 Å². The third-order valence-electron chi connectivity index (χ3n) is 3.44. The second-order valence-corrected chi connectivity index (χ2v) is 5.42. The number of hydrogen-bond acceptors (Lipinski definition) is 4. The molecule has 2 heterocycles. The van der Waals surface area contributed by atoms with Gasteiger partial charge < -0.3 is 5.11 Å². The van der Waals surface area contributed by atoms with Crippen LogP contribution < -0.4 is 0 Å². The van der Waals surface area contributed by atoms with Crippen molar-refractivity contribution >= 4 is 23.1 Å². The van der Waals surface area contributed by atoms with Crippen LogP contribution in [0.5, 0.6) is 0 Å². The van der Waals surface area contributed by atoms with Gasteiger partial charge in [-0.3, -0.25) is 9.20 Å². The summed E-state index contributed by atoms with van der Waals surface area (Å²) < 4.78 is 1.75. The number of pyridine rings is 1. The molecule has 6 heteroatoms. The Morgan fingerprint density at radius 1 is 1.13 bits per heavy atom. The Balaban J connectivity index is 2.06. The molecule has 2 aromatic heterocycles. The zero-order valence-corrected chi connectivity index (χ0v) is 12.9. The number of carboxylic acid groups (broad SMARTS) is 1. The SMILES string of the molecule is Cc1ccc(N=Nc2c(CC(=O)O)nc3cc(C)ccn23)cc1. The van der Waals surface area contributed by atoms with Crippen LogP contribution in [0.3, 0.4) is 0 Å². The fraction of sp³-hybridized carbons (Fsp3) is 0.176. The van der Waals surface area contributed by atoms with Gasteiger partial charge >= 0.3 is 5.97 Å². The van der Waals surface area contributed by atoms with E-state index in [1.54, 1.807) is 4.40 Å². The summed E-state index contributed by atoms with van der Waals surface area (Å²) in [5.74, 6) is -0.500. The van der Waals surface area contributed by atoms with Gasteiger partial charge in [-0.2, -0.15) is 0 Å².